The lowest BCUT2D eigenvalue weighted by Crippen LogP contribution is -2.32. The van der Waals surface area contributed by atoms with E-state index in [1.807, 2.05) is 19.1 Å². The van der Waals surface area contributed by atoms with Crippen LogP contribution in [0.15, 0.2) is 48.5 Å². The van der Waals surface area contributed by atoms with E-state index in [1.165, 1.54) is 11.1 Å². The van der Waals surface area contributed by atoms with Gasteiger partial charge < -0.3 is 19.1 Å². The standard InChI is InChI=1S/C26H30N4O3/c1-2-31-21-11-9-19(10-12-21)24-27-28-25(30(24)16-22-7-5-15-32-22)29-14-13-26(18-29)23-8-4-3-6-20(23)17-33-26/h3-4,6,8-12,22H,2,5,7,13-18H2,1H3. The summed E-state index contributed by atoms with van der Waals surface area (Å²) in [5, 5.41) is 9.32. The van der Waals surface area contributed by atoms with E-state index in [1.54, 1.807) is 0 Å². The van der Waals surface area contributed by atoms with Crippen molar-refractivity contribution in [1.29, 1.82) is 0 Å². The fourth-order valence-electron chi connectivity index (χ4n) is 5.44. The summed E-state index contributed by atoms with van der Waals surface area (Å²) in [6.07, 6.45) is 3.33. The Morgan fingerprint density at radius 3 is 2.82 bits per heavy atom. The van der Waals surface area contributed by atoms with Gasteiger partial charge in [-0.15, -0.1) is 10.2 Å². The van der Waals surface area contributed by atoms with Gasteiger partial charge in [0.25, 0.3) is 0 Å². The van der Waals surface area contributed by atoms with Gasteiger partial charge in [0, 0.05) is 18.7 Å². The molecule has 0 saturated carbocycles. The van der Waals surface area contributed by atoms with Crippen molar-refractivity contribution >= 4 is 5.95 Å². The summed E-state index contributed by atoms with van der Waals surface area (Å²) < 4.78 is 20.2. The fraction of sp³-hybridized carbons (Fsp3) is 0.462. The van der Waals surface area contributed by atoms with E-state index >= 15 is 0 Å². The second kappa shape index (κ2) is 8.47. The molecule has 0 aliphatic carbocycles. The van der Waals surface area contributed by atoms with Gasteiger partial charge in [0.15, 0.2) is 5.82 Å². The number of nitrogens with zero attached hydrogens (tertiary/aromatic N) is 4. The van der Waals surface area contributed by atoms with E-state index in [0.29, 0.717) is 13.2 Å². The van der Waals surface area contributed by atoms with Gasteiger partial charge in [0.2, 0.25) is 5.95 Å². The van der Waals surface area contributed by atoms with Crippen LogP contribution in [0, 0.1) is 0 Å². The molecule has 2 fully saturated rings. The summed E-state index contributed by atoms with van der Waals surface area (Å²) in [6, 6.07) is 16.7. The maximum atomic E-state index is 6.39. The number of hydrogen-bond acceptors (Lipinski definition) is 6. The molecule has 1 spiro atoms. The van der Waals surface area contributed by atoms with Crippen molar-refractivity contribution in [2.24, 2.45) is 0 Å². The van der Waals surface area contributed by atoms with Crippen molar-refractivity contribution < 1.29 is 14.2 Å². The largest absolute Gasteiger partial charge is 0.494 e. The van der Waals surface area contributed by atoms with Crippen LogP contribution < -0.4 is 9.64 Å². The van der Waals surface area contributed by atoms with Crippen LogP contribution in [0.3, 0.4) is 0 Å². The minimum Gasteiger partial charge on any atom is -0.494 e. The third-order valence-electron chi connectivity index (χ3n) is 7.09. The van der Waals surface area contributed by atoms with Gasteiger partial charge in [-0.1, -0.05) is 24.3 Å². The predicted octanol–water partition coefficient (Wildman–Crippen LogP) is 4.16. The van der Waals surface area contributed by atoms with Crippen LogP contribution in [0.4, 0.5) is 5.95 Å². The SMILES string of the molecule is CCOc1ccc(-c2nnc(N3CCC4(C3)OCc3ccccc34)n2CC2CCCO2)cc1. The first-order valence-electron chi connectivity index (χ1n) is 12.0. The molecule has 0 N–H and O–H groups in total. The molecule has 3 aliphatic rings. The summed E-state index contributed by atoms with van der Waals surface area (Å²) in [6.45, 7) is 6.60. The van der Waals surface area contributed by atoms with Crippen molar-refractivity contribution in [1.82, 2.24) is 14.8 Å². The van der Waals surface area contributed by atoms with Crippen molar-refractivity contribution in [3.05, 3.63) is 59.7 Å². The van der Waals surface area contributed by atoms with Crippen molar-refractivity contribution in [2.45, 2.75) is 51.0 Å². The lowest BCUT2D eigenvalue weighted by atomic mass is 9.92. The van der Waals surface area contributed by atoms with Crippen molar-refractivity contribution in [3.63, 3.8) is 0 Å². The molecular weight excluding hydrogens is 416 g/mol. The minimum atomic E-state index is -0.253. The Morgan fingerprint density at radius 1 is 1.12 bits per heavy atom. The van der Waals surface area contributed by atoms with Gasteiger partial charge in [0.05, 0.1) is 32.4 Å². The summed E-state index contributed by atoms with van der Waals surface area (Å²) >= 11 is 0. The molecule has 7 nitrogen and oxygen atoms in total. The van der Waals surface area contributed by atoms with Gasteiger partial charge in [0.1, 0.15) is 11.4 Å². The highest BCUT2D eigenvalue weighted by atomic mass is 16.5. The van der Waals surface area contributed by atoms with E-state index in [-0.39, 0.29) is 11.7 Å². The Bertz CT molecular complexity index is 1120. The molecule has 0 bridgehead atoms. The molecule has 4 heterocycles. The summed E-state index contributed by atoms with van der Waals surface area (Å²) in [4.78, 5) is 2.34. The lowest BCUT2D eigenvalue weighted by Gasteiger charge is -2.26. The molecular formula is C26H30N4O3. The van der Waals surface area contributed by atoms with Gasteiger partial charge in [-0.25, -0.2) is 0 Å². The fourth-order valence-corrected chi connectivity index (χ4v) is 5.44. The van der Waals surface area contributed by atoms with Gasteiger partial charge in [-0.2, -0.15) is 0 Å². The quantitative estimate of drug-likeness (QED) is 0.567. The molecule has 3 aromatic rings. The maximum Gasteiger partial charge on any atom is 0.227 e. The molecule has 2 unspecified atom stereocenters. The van der Waals surface area contributed by atoms with Gasteiger partial charge in [-0.3, -0.25) is 4.57 Å². The number of benzene rings is 2. The molecule has 2 atom stereocenters. The summed E-state index contributed by atoms with van der Waals surface area (Å²) in [7, 11) is 0. The molecule has 0 amide bonds. The van der Waals surface area contributed by atoms with Crippen LogP contribution in [-0.2, 0) is 28.2 Å². The molecule has 3 aliphatic heterocycles. The van der Waals surface area contributed by atoms with Gasteiger partial charge >= 0.3 is 0 Å². The number of hydrogen-bond donors (Lipinski definition) is 0. The minimum absolute atomic E-state index is 0.196. The Kier molecular flexibility index (Phi) is 5.31. The highest BCUT2D eigenvalue weighted by Crippen LogP contribution is 2.44. The zero-order valence-electron chi connectivity index (χ0n) is 19.1. The second-order valence-corrected chi connectivity index (χ2v) is 9.14. The van der Waals surface area contributed by atoms with Crippen LogP contribution in [0.2, 0.25) is 0 Å². The lowest BCUT2D eigenvalue weighted by molar-refractivity contribution is -0.0206. The Balaban J connectivity index is 1.32. The normalized spacial score (nSPS) is 24.0. The monoisotopic (exact) mass is 446 g/mol. The van der Waals surface area contributed by atoms with E-state index < -0.39 is 0 Å². The number of rotatable bonds is 6. The van der Waals surface area contributed by atoms with E-state index in [2.05, 4.69) is 56.1 Å². The zero-order valence-corrected chi connectivity index (χ0v) is 19.1. The first-order valence-corrected chi connectivity index (χ1v) is 12.0. The first kappa shape index (κ1) is 20.7. The van der Waals surface area contributed by atoms with Crippen molar-refractivity contribution in [3.8, 4) is 17.1 Å². The molecule has 6 rings (SSSR count). The summed E-state index contributed by atoms with van der Waals surface area (Å²) in [5.74, 6) is 2.64. The smallest absolute Gasteiger partial charge is 0.227 e. The topological polar surface area (TPSA) is 61.6 Å². The first-order chi connectivity index (χ1) is 16.3. The Labute approximate surface area is 194 Å². The zero-order chi connectivity index (χ0) is 22.3. The maximum absolute atomic E-state index is 6.39. The van der Waals surface area contributed by atoms with Crippen LogP contribution in [-0.4, -0.2) is 47.2 Å². The van der Waals surface area contributed by atoms with Crippen LogP contribution in [0.1, 0.15) is 37.3 Å². The van der Waals surface area contributed by atoms with E-state index in [4.69, 9.17) is 14.2 Å². The Morgan fingerprint density at radius 2 is 2.00 bits per heavy atom. The van der Waals surface area contributed by atoms with Gasteiger partial charge in [-0.05, 0) is 61.6 Å². The Hall–Kier alpha value is -2.90. The van der Waals surface area contributed by atoms with E-state index in [9.17, 15) is 0 Å². The highest BCUT2D eigenvalue weighted by Gasteiger charge is 2.46. The van der Waals surface area contributed by atoms with Crippen LogP contribution >= 0.6 is 0 Å². The highest BCUT2D eigenvalue weighted by molar-refractivity contribution is 5.59. The molecule has 7 heteroatoms. The molecule has 1 aromatic heterocycles. The number of fused-ring (bicyclic) bond motifs is 2. The molecule has 2 aromatic carbocycles. The number of anilines is 1. The number of ether oxygens (including phenoxy) is 3. The van der Waals surface area contributed by atoms with E-state index in [0.717, 1.165) is 68.6 Å². The average molecular weight is 447 g/mol. The second-order valence-electron chi connectivity index (χ2n) is 9.14. The molecule has 0 radical (unpaired) electrons. The predicted molar refractivity (Wildman–Crippen MR) is 125 cm³/mol. The molecule has 33 heavy (non-hydrogen) atoms. The van der Waals surface area contributed by atoms with Crippen LogP contribution in [0.25, 0.3) is 11.4 Å². The molecule has 172 valence electrons. The summed E-state index contributed by atoms with van der Waals surface area (Å²) in [5.41, 5.74) is 3.41. The third kappa shape index (κ3) is 3.69. The number of aromatic nitrogens is 3. The molecule has 2 saturated heterocycles. The van der Waals surface area contributed by atoms with Crippen LogP contribution in [0.5, 0.6) is 5.75 Å². The average Bonchev–Trinajstić information content (AvgIpc) is 3.64. The van der Waals surface area contributed by atoms with Crippen molar-refractivity contribution in [2.75, 3.05) is 31.2 Å². The third-order valence-corrected chi connectivity index (χ3v) is 7.09.